The van der Waals surface area contributed by atoms with Gasteiger partial charge in [-0.25, -0.2) is 0 Å². The molecule has 0 bridgehead atoms. The Labute approximate surface area is 240 Å². The number of methoxy groups -OCH3 is 3. The maximum absolute atomic E-state index is 13.9. The molecular weight excluding hydrogens is 518 g/mol. The Hall–Kier alpha value is -4.78. The summed E-state index contributed by atoms with van der Waals surface area (Å²) in [5.41, 5.74) is 5.19. The van der Waals surface area contributed by atoms with Crippen molar-refractivity contribution in [1.29, 1.82) is 0 Å². The van der Waals surface area contributed by atoms with Crippen LogP contribution >= 0.6 is 0 Å². The van der Waals surface area contributed by atoms with Crippen molar-refractivity contribution in [3.8, 4) is 28.4 Å². The number of ether oxygens (including phenoxy) is 3. The van der Waals surface area contributed by atoms with Gasteiger partial charge >= 0.3 is 5.97 Å². The highest BCUT2D eigenvalue weighted by Gasteiger charge is 2.22. The standard InChI is InChI=1S/C34H35NO6/c1-39-30-20-28(21-31(40-2)33(30)41-3)34(38)35(19-9-12-24-10-5-4-6-11-24)23-25-15-17-26(18-16-25)29-14-8-7-13-27(29)22-32(36)37/h4-8,10-11,13-18,20-21H,9,12,19,22-23H2,1-3H3,(H,36,37). The fourth-order valence-corrected chi connectivity index (χ4v) is 4.89. The van der Waals surface area contributed by atoms with Gasteiger partial charge in [0.2, 0.25) is 5.75 Å². The third-order valence-corrected chi connectivity index (χ3v) is 6.93. The molecule has 7 nitrogen and oxygen atoms in total. The lowest BCUT2D eigenvalue weighted by atomic mass is 9.97. The summed E-state index contributed by atoms with van der Waals surface area (Å²) in [4.78, 5) is 27.1. The van der Waals surface area contributed by atoms with E-state index in [0.717, 1.165) is 35.1 Å². The van der Waals surface area contributed by atoms with Gasteiger partial charge in [-0.2, -0.15) is 0 Å². The third kappa shape index (κ3) is 7.45. The second-order valence-corrected chi connectivity index (χ2v) is 9.65. The molecule has 4 aromatic rings. The molecule has 0 aliphatic rings. The molecule has 0 aromatic heterocycles. The van der Waals surface area contributed by atoms with Gasteiger partial charge in [0.05, 0.1) is 27.8 Å². The average molecular weight is 554 g/mol. The zero-order chi connectivity index (χ0) is 29.2. The second-order valence-electron chi connectivity index (χ2n) is 9.65. The van der Waals surface area contributed by atoms with E-state index in [9.17, 15) is 14.7 Å². The van der Waals surface area contributed by atoms with E-state index in [-0.39, 0.29) is 12.3 Å². The van der Waals surface area contributed by atoms with Gasteiger partial charge in [0.15, 0.2) is 11.5 Å². The number of rotatable bonds is 13. The van der Waals surface area contributed by atoms with Crippen LogP contribution in [0.3, 0.4) is 0 Å². The number of benzene rings is 4. The van der Waals surface area contributed by atoms with Crippen LogP contribution in [0.25, 0.3) is 11.1 Å². The predicted molar refractivity (Wildman–Crippen MR) is 159 cm³/mol. The summed E-state index contributed by atoms with van der Waals surface area (Å²) in [7, 11) is 4.58. The number of carboxylic acid groups (broad SMARTS) is 1. The monoisotopic (exact) mass is 553 g/mol. The molecule has 4 rings (SSSR count). The Bertz CT molecular complexity index is 1440. The highest BCUT2D eigenvalue weighted by atomic mass is 16.5. The Morgan fingerprint density at radius 2 is 1.39 bits per heavy atom. The first-order valence-electron chi connectivity index (χ1n) is 13.5. The fraction of sp³-hybridized carbons (Fsp3) is 0.235. The summed E-state index contributed by atoms with van der Waals surface area (Å²) in [5.74, 6) is 0.257. The smallest absolute Gasteiger partial charge is 0.307 e. The van der Waals surface area contributed by atoms with E-state index in [2.05, 4.69) is 12.1 Å². The Morgan fingerprint density at radius 1 is 0.756 bits per heavy atom. The molecule has 0 radical (unpaired) electrons. The lowest BCUT2D eigenvalue weighted by Crippen LogP contribution is -2.32. The van der Waals surface area contributed by atoms with E-state index in [1.165, 1.54) is 26.9 Å². The normalized spacial score (nSPS) is 10.6. The number of carboxylic acids is 1. The van der Waals surface area contributed by atoms with Crippen LogP contribution in [0.15, 0.2) is 91.0 Å². The van der Waals surface area contributed by atoms with Crippen LogP contribution in [0, 0.1) is 0 Å². The zero-order valence-electron chi connectivity index (χ0n) is 23.6. The van der Waals surface area contributed by atoms with Gasteiger partial charge < -0.3 is 24.2 Å². The van der Waals surface area contributed by atoms with Crippen molar-refractivity contribution >= 4 is 11.9 Å². The van der Waals surface area contributed by atoms with Crippen molar-refractivity contribution in [2.24, 2.45) is 0 Å². The number of carbonyl (C=O) groups is 2. The van der Waals surface area contributed by atoms with Crippen molar-refractivity contribution in [2.45, 2.75) is 25.8 Å². The molecular formula is C34H35NO6. The largest absolute Gasteiger partial charge is 0.493 e. The molecule has 212 valence electrons. The SMILES string of the molecule is COc1cc(C(=O)N(CCCc2ccccc2)Cc2ccc(-c3ccccc3CC(=O)O)cc2)cc(OC)c1OC. The maximum atomic E-state index is 13.9. The third-order valence-electron chi connectivity index (χ3n) is 6.93. The summed E-state index contributed by atoms with van der Waals surface area (Å²) in [5, 5.41) is 9.31. The summed E-state index contributed by atoms with van der Waals surface area (Å²) in [6, 6.07) is 29.0. The van der Waals surface area contributed by atoms with Gasteiger partial charge in [0.25, 0.3) is 5.91 Å². The maximum Gasteiger partial charge on any atom is 0.307 e. The van der Waals surface area contributed by atoms with E-state index < -0.39 is 5.97 Å². The summed E-state index contributed by atoms with van der Waals surface area (Å²) < 4.78 is 16.4. The molecule has 0 heterocycles. The molecule has 0 fully saturated rings. The molecule has 0 unspecified atom stereocenters. The fourth-order valence-electron chi connectivity index (χ4n) is 4.89. The van der Waals surface area contributed by atoms with Crippen molar-refractivity contribution in [2.75, 3.05) is 27.9 Å². The minimum Gasteiger partial charge on any atom is -0.493 e. The number of aliphatic carboxylic acids is 1. The summed E-state index contributed by atoms with van der Waals surface area (Å²) in [6.45, 7) is 0.953. The van der Waals surface area contributed by atoms with Gasteiger partial charge in [-0.1, -0.05) is 78.9 Å². The van der Waals surface area contributed by atoms with Crippen molar-refractivity contribution in [3.63, 3.8) is 0 Å². The Balaban J connectivity index is 1.60. The number of amides is 1. The molecule has 4 aromatic carbocycles. The first-order valence-corrected chi connectivity index (χ1v) is 13.5. The molecule has 41 heavy (non-hydrogen) atoms. The molecule has 0 aliphatic carbocycles. The minimum atomic E-state index is -0.870. The van der Waals surface area contributed by atoms with Crippen LogP contribution in [0.1, 0.15) is 33.5 Å². The number of hydrogen-bond donors (Lipinski definition) is 1. The molecule has 7 heteroatoms. The highest BCUT2D eigenvalue weighted by Crippen LogP contribution is 2.38. The number of carbonyl (C=O) groups excluding carboxylic acids is 1. The number of hydrogen-bond acceptors (Lipinski definition) is 5. The minimum absolute atomic E-state index is 0.0452. The van der Waals surface area contributed by atoms with E-state index >= 15 is 0 Å². The van der Waals surface area contributed by atoms with Crippen LogP contribution in [-0.4, -0.2) is 49.8 Å². The van der Waals surface area contributed by atoms with Gasteiger partial charge in [-0.3, -0.25) is 9.59 Å². The predicted octanol–water partition coefficient (Wildman–Crippen LogP) is 6.28. The van der Waals surface area contributed by atoms with Gasteiger partial charge in [-0.05, 0) is 52.8 Å². The number of nitrogens with zero attached hydrogens (tertiary/aromatic N) is 1. The first-order chi connectivity index (χ1) is 19.9. The van der Waals surface area contributed by atoms with E-state index in [4.69, 9.17) is 14.2 Å². The van der Waals surface area contributed by atoms with Crippen LogP contribution < -0.4 is 14.2 Å². The van der Waals surface area contributed by atoms with Gasteiger partial charge in [0, 0.05) is 18.7 Å². The zero-order valence-corrected chi connectivity index (χ0v) is 23.6. The van der Waals surface area contributed by atoms with Crippen molar-refractivity contribution < 1.29 is 28.9 Å². The topological polar surface area (TPSA) is 85.3 Å². The average Bonchev–Trinajstić information content (AvgIpc) is 3.00. The molecule has 0 saturated heterocycles. The molecule has 0 aliphatic heterocycles. The summed E-state index contributed by atoms with van der Waals surface area (Å²) >= 11 is 0. The van der Waals surface area contributed by atoms with Crippen LogP contribution in [0.4, 0.5) is 0 Å². The molecule has 0 atom stereocenters. The van der Waals surface area contributed by atoms with E-state index in [1.807, 2.05) is 71.6 Å². The molecule has 0 spiro atoms. The van der Waals surface area contributed by atoms with Crippen LogP contribution in [0.5, 0.6) is 17.2 Å². The second kappa shape index (κ2) is 14.0. The van der Waals surface area contributed by atoms with Gasteiger partial charge in [0.1, 0.15) is 0 Å². The Kier molecular flexibility index (Phi) is 9.99. The van der Waals surface area contributed by atoms with Crippen LogP contribution in [0.2, 0.25) is 0 Å². The van der Waals surface area contributed by atoms with Crippen molar-refractivity contribution in [3.05, 3.63) is 113 Å². The van der Waals surface area contributed by atoms with E-state index in [1.54, 1.807) is 12.1 Å². The quantitative estimate of drug-likeness (QED) is 0.210. The molecule has 1 N–H and O–H groups in total. The lowest BCUT2D eigenvalue weighted by molar-refractivity contribution is -0.136. The van der Waals surface area contributed by atoms with Gasteiger partial charge in [-0.15, -0.1) is 0 Å². The van der Waals surface area contributed by atoms with E-state index in [0.29, 0.717) is 35.9 Å². The highest BCUT2D eigenvalue weighted by molar-refractivity contribution is 5.95. The van der Waals surface area contributed by atoms with Crippen LogP contribution in [-0.2, 0) is 24.2 Å². The van der Waals surface area contributed by atoms with Crippen molar-refractivity contribution in [1.82, 2.24) is 4.90 Å². The first kappa shape index (κ1) is 29.2. The molecule has 1 amide bonds. The summed E-state index contributed by atoms with van der Waals surface area (Å²) in [6.07, 6.45) is 1.59. The Morgan fingerprint density at radius 3 is 2.00 bits per heavy atom. The number of aryl methyl sites for hydroxylation is 1. The lowest BCUT2D eigenvalue weighted by Gasteiger charge is -2.24. The molecule has 0 saturated carbocycles.